The number of ether oxygens (including phenoxy) is 2. The van der Waals surface area contributed by atoms with Crippen LogP contribution in [0.3, 0.4) is 0 Å². The Bertz CT molecular complexity index is 1100. The summed E-state index contributed by atoms with van der Waals surface area (Å²) in [5.74, 6) is 1.52. The molecule has 1 fully saturated rings. The van der Waals surface area contributed by atoms with E-state index in [0.717, 1.165) is 68.1 Å². The zero-order valence-electron chi connectivity index (χ0n) is 18.5. The molecule has 3 aromatic rings. The van der Waals surface area contributed by atoms with Crippen LogP contribution in [0.25, 0.3) is 11.0 Å². The SMILES string of the molecule is CCc1ccc2c(CN3CCN(Cc4ccc(OC)c(OC)c4)CC3)cc(=O)oc2c1. The van der Waals surface area contributed by atoms with E-state index in [1.165, 1.54) is 11.1 Å². The van der Waals surface area contributed by atoms with Gasteiger partial charge in [0, 0.05) is 50.7 Å². The molecule has 4 rings (SSSR count). The van der Waals surface area contributed by atoms with Crippen molar-refractivity contribution in [2.24, 2.45) is 0 Å². The van der Waals surface area contributed by atoms with Crippen LogP contribution in [0.2, 0.25) is 0 Å². The summed E-state index contributed by atoms with van der Waals surface area (Å²) in [4.78, 5) is 16.9. The van der Waals surface area contributed by atoms with Gasteiger partial charge in [0.15, 0.2) is 11.5 Å². The third-order valence-corrected chi connectivity index (χ3v) is 6.02. The predicted molar refractivity (Wildman–Crippen MR) is 122 cm³/mol. The largest absolute Gasteiger partial charge is 0.493 e. The molecule has 0 bridgehead atoms. The van der Waals surface area contributed by atoms with Crippen LogP contribution in [-0.2, 0) is 19.5 Å². The van der Waals surface area contributed by atoms with Gasteiger partial charge >= 0.3 is 5.63 Å². The van der Waals surface area contributed by atoms with E-state index in [-0.39, 0.29) is 5.63 Å². The monoisotopic (exact) mass is 422 g/mol. The van der Waals surface area contributed by atoms with E-state index in [2.05, 4.69) is 34.9 Å². The first-order valence-corrected chi connectivity index (χ1v) is 10.8. The first kappa shape index (κ1) is 21.4. The summed E-state index contributed by atoms with van der Waals surface area (Å²) >= 11 is 0. The maximum atomic E-state index is 12.1. The van der Waals surface area contributed by atoms with Crippen molar-refractivity contribution in [3.05, 3.63) is 69.6 Å². The Balaban J connectivity index is 1.40. The molecule has 0 saturated carbocycles. The zero-order valence-corrected chi connectivity index (χ0v) is 18.5. The van der Waals surface area contributed by atoms with Gasteiger partial charge in [-0.25, -0.2) is 4.79 Å². The Morgan fingerprint density at radius 1 is 0.839 bits per heavy atom. The molecular formula is C25H30N2O4. The highest BCUT2D eigenvalue weighted by atomic mass is 16.5. The van der Waals surface area contributed by atoms with E-state index < -0.39 is 0 Å². The summed E-state index contributed by atoms with van der Waals surface area (Å²) in [6, 6.07) is 13.9. The number of aryl methyl sites for hydroxylation is 1. The lowest BCUT2D eigenvalue weighted by atomic mass is 10.1. The molecule has 1 aromatic heterocycles. The van der Waals surface area contributed by atoms with Crippen LogP contribution in [0.1, 0.15) is 23.6 Å². The highest BCUT2D eigenvalue weighted by molar-refractivity contribution is 5.80. The number of methoxy groups -OCH3 is 2. The minimum atomic E-state index is -0.275. The summed E-state index contributed by atoms with van der Waals surface area (Å²) in [5.41, 5.74) is 3.85. The Morgan fingerprint density at radius 2 is 1.52 bits per heavy atom. The van der Waals surface area contributed by atoms with Crippen molar-refractivity contribution < 1.29 is 13.9 Å². The Kier molecular flexibility index (Phi) is 6.59. The predicted octanol–water partition coefficient (Wildman–Crippen LogP) is 3.69. The molecule has 1 saturated heterocycles. The molecule has 31 heavy (non-hydrogen) atoms. The van der Waals surface area contributed by atoms with Crippen molar-refractivity contribution in [3.8, 4) is 11.5 Å². The Hall–Kier alpha value is -2.83. The molecule has 0 radical (unpaired) electrons. The lowest BCUT2D eigenvalue weighted by molar-refractivity contribution is 0.122. The molecule has 0 aliphatic carbocycles. The zero-order chi connectivity index (χ0) is 21.8. The van der Waals surface area contributed by atoms with E-state index in [0.29, 0.717) is 5.58 Å². The van der Waals surface area contributed by atoms with E-state index in [1.54, 1.807) is 20.3 Å². The van der Waals surface area contributed by atoms with Crippen LogP contribution in [0.4, 0.5) is 0 Å². The van der Waals surface area contributed by atoms with Gasteiger partial charge in [-0.05, 0) is 41.3 Å². The molecule has 6 nitrogen and oxygen atoms in total. The third-order valence-electron chi connectivity index (χ3n) is 6.02. The van der Waals surface area contributed by atoms with Crippen LogP contribution >= 0.6 is 0 Å². The molecule has 0 N–H and O–H groups in total. The van der Waals surface area contributed by atoms with Gasteiger partial charge in [0.1, 0.15) is 5.58 Å². The van der Waals surface area contributed by atoms with E-state index in [9.17, 15) is 4.79 Å². The minimum Gasteiger partial charge on any atom is -0.493 e. The second-order valence-electron chi connectivity index (χ2n) is 8.02. The van der Waals surface area contributed by atoms with Crippen molar-refractivity contribution in [1.82, 2.24) is 9.80 Å². The van der Waals surface area contributed by atoms with E-state index >= 15 is 0 Å². The maximum absolute atomic E-state index is 12.1. The number of hydrogen-bond donors (Lipinski definition) is 0. The molecule has 0 amide bonds. The minimum absolute atomic E-state index is 0.275. The van der Waals surface area contributed by atoms with Gasteiger partial charge in [0.2, 0.25) is 0 Å². The number of hydrogen-bond acceptors (Lipinski definition) is 6. The van der Waals surface area contributed by atoms with Crippen molar-refractivity contribution in [3.63, 3.8) is 0 Å². The van der Waals surface area contributed by atoms with Gasteiger partial charge in [0.05, 0.1) is 14.2 Å². The van der Waals surface area contributed by atoms with Crippen molar-refractivity contribution in [2.75, 3.05) is 40.4 Å². The fourth-order valence-corrected chi connectivity index (χ4v) is 4.21. The van der Waals surface area contributed by atoms with Crippen LogP contribution in [0.5, 0.6) is 11.5 Å². The number of rotatable bonds is 7. The third kappa shape index (κ3) is 4.92. The molecular weight excluding hydrogens is 392 g/mol. The standard InChI is InChI=1S/C25H30N2O4/c1-4-18-5-7-21-20(15-25(28)31-23(21)13-18)17-27-11-9-26(10-12-27)16-19-6-8-22(29-2)24(14-19)30-3/h5-8,13-15H,4,9-12,16-17H2,1-3H3. The number of benzene rings is 2. The van der Waals surface area contributed by atoms with Gasteiger partial charge in [-0.15, -0.1) is 0 Å². The Morgan fingerprint density at radius 3 is 2.19 bits per heavy atom. The smallest absolute Gasteiger partial charge is 0.336 e. The summed E-state index contributed by atoms with van der Waals surface area (Å²) < 4.78 is 16.2. The number of fused-ring (bicyclic) bond motifs is 1. The summed E-state index contributed by atoms with van der Waals surface area (Å²) in [6.45, 7) is 7.62. The maximum Gasteiger partial charge on any atom is 0.336 e. The molecule has 1 aliphatic heterocycles. The molecule has 1 aliphatic rings. The van der Waals surface area contributed by atoms with Gasteiger partial charge in [-0.2, -0.15) is 0 Å². The van der Waals surface area contributed by atoms with Gasteiger partial charge in [-0.3, -0.25) is 9.80 Å². The first-order valence-electron chi connectivity index (χ1n) is 10.8. The molecule has 0 unspecified atom stereocenters. The summed E-state index contributed by atoms with van der Waals surface area (Å²) in [5, 5.41) is 1.03. The quantitative estimate of drug-likeness (QED) is 0.542. The van der Waals surface area contributed by atoms with Crippen molar-refractivity contribution in [1.29, 1.82) is 0 Å². The molecule has 164 valence electrons. The summed E-state index contributed by atoms with van der Waals surface area (Å²) in [6.07, 6.45) is 0.923. The topological polar surface area (TPSA) is 55.2 Å². The van der Waals surface area contributed by atoms with Crippen molar-refractivity contribution in [2.45, 2.75) is 26.4 Å². The highest BCUT2D eigenvalue weighted by Gasteiger charge is 2.19. The van der Waals surface area contributed by atoms with Crippen molar-refractivity contribution >= 4 is 11.0 Å². The number of piperazine rings is 1. The van der Waals surface area contributed by atoms with Gasteiger partial charge in [0.25, 0.3) is 0 Å². The fourth-order valence-electron chi connectivity index (χ4n) is 4.21. The first-order chi connectivity index (χ1) is 15.1. The second-order valence-corrected chi connectivity index (χ2v) is 8.02. The molecule has 2 heterocycles. The molecule has 0 spiro atoms. The lowest BCUT2D eigenvalue weighted by Gasteiger charge is -2.35. The fraction of sp³-hybridized carbons (Fsp3) is 0.400. The lowest BCUT2D eigenvalue weighted by Crippen LogP contribution is -2.45. The molecule has 0 atom stereocenters. The van der Waals surface area contributed by atoms with Crippen LogP contribution in [0.15, 0.2) is 51.7 Å². The number of nitrogens with zero attached hydrogens (tertiary/aromatic N) is 2. The average Bonchev–Trinajstić information content (AvgIpc) is 2.79. The molecule has 6 heteroatoms. The van der Waals surface area contributed by atoms with Crippen LogP contribution < -0.4 is 15.1 Å². The average molecular weight is 423 g/mol. The molecule has 2 aromatic carbocycles. The second kappa shape index (κ2) is 9.54. The van der Waals surface area contributed by atoms with E-state index in [4.69, 9.17) is 13.9 Å². The highest BCUT2D eigenvalue weighted by Crippen LogP contribution is 2.28. The summed E-state index contributed by atoms with van der Waals surface area (Å²) in [7, 11) is 3.32. The van der Waals surface area contributed by atoms with Gasteiger partial charge < -0.3 is 13.9 Å². The Labute approximate surface area is 183 Å². The van der Waals surface area contributed by atoms with Gasteiger partial charge in [-0.1, -0.05) is 25.1 Å². The van der Waals surface area contributed by atoms with Crippen LogP contribution in [0, 0.1) is 0 Å². The normalized spacial score (nSPS) is 15.3. The van der Waals surface area contributed by atoms with E-state index in [1.807, 2.05) is 18.2 Å². The van der Waals surface area contributed by atoms with Crippen LogP contribution in [-0.4, -0.2) is 50.2 Å².